The molecule has 0 saturated heterocycles. The maximum absolute atomic E-state index is 13.1. The lowest BCUT2D eigenvalue weighted by atomic mass is 9.81. The lowest BCUT2D eigenvalue weighted by Crippen LogP contribution is -2.30. The van der Waals surface area contributed by atoms with Crippen molar-refractivity contribution >= 4 is 11.8 Å². The summed E-state index contributed by atoms with van der Waals surface area (Å²) in [5.74, 6) is -0.754. The van der Waals surface area contributed by atoms with Crippen LogP contribution < -0.4 is 0 Å². The van der Waals surface area contributed by atoms with E-state index in [4.69, 9.17) is 4.74 Å². The highest BCUT2D eigenvalue weighted by Gasteiger charge is 2.32. The molecule has 0 N–H and O–H groups in total. The number of carbonyl (C=O) groups excluding carboxylic acids is 2. The van der Waals surface area contributed by atoms with Crippen molar-refractivity contribution < 1.29 is 18.7 Å². The summed E-state index contributed by atoms with van der Waals surface area (Å²) >= 11 is 0. The van der Waals surface area contributed by atoms with Gasteiger partial charge in [-0.15, -0.1) is 0 Å². The standard InChI is InChI=1S/C17H23FO3/c1-12(11-17(2,3)16(20)21-4)15(19)9-8-13-6-5-7-14(18)10-13/h5-7,10,12H,8-9,11H2,1-4H3. The number of carbonyl (C=O) groups is 2. The van der Waals surface area contributed by atoms with Crippen molar-refractivity contribution in [2.45, 2.75) is 40.0 Å². The number of rotatable bonds is 7. The molecule has 0 bridgehead atoms. The van der Waals surface area contributed by atoms with Crippen molar-refractivity contribution in [3.63, 3.8) is 0 Å². The predicted octanol–water partition coefficient (Wildman–Crippen LogP) is 3.55. The van der Waals surface area contributed by atoms with Crippen molar-refractivity contribution in [3.05, 3.63) is 35.6 Å². The normalized spacial score (nSPS) is 12.8. The molecule has 0 spiro atoms. The van der Waals surface area contributed by atoms with Crippen LogP contribution in [0.1, 0.15) is 39.2 Å². The Bertz CT molecular complexity index is 509. The highest BCUT2D eigenvalue weighted by molar-refractivity contribution is 5.82. The first kappa shape index (κ1) is 17.3. The van der Waals surface area contributed by atoms with E-state index in [0.717, 1.165) is 5.56 Å². The molecule has 0 aromatic heterocycles. The van der Waals surface area contributed by atoms with Gasteiger partial charge in [0.05, 0.1) is 12.5 Å². The highest BCUT2D eigenvalue weighted by Crippen LogP contribution is 2.28. The molecule has 4 heteroatoms. The topological polar surface area (TPSA) is 43.4 Å². The van der Waals surface area contributed by atoms with Crippen LogP contribution in [0, 0.1) is 17.2 Å². The monoisotopic (exact) mass is 294 g/mol. The molecule has 1 unspecified atom stereocenters. The molecule has 1 rings (SSSR count). The molecule has 0 heterocycles. The van der Waals surface area contributed by atoms with Gasteiger partial charge in [0.1, 0.15) is 11.6 Å². The molecule has 1 aromatic carbocycles. The molecule has 21 heavy (non-hydrogen) atoms. The number of esters is 1. The van der Waals surface area contributed by atoms with Gasteiger partial charge < -0.3 is 4.74 Å². The Hall–Kier alpha value is -1.71. The van der Waals surface area contributed by atoms with E-state index >= 15 is 0 Å². The molecule has 116 valence electrons. The minimum Gasteiger partial charge on any atom is -0.469 e. The molecular weight excluding hydrogens is 271 g/mol. The lowest BCUT2D eigenvalue weighted by molar-refractivity contribution is -0.152. The van der Waals surface area contributed by atoms with Crippen molar-refractivity contribution in [1.29, 1.82) is 0 Å². The summed E-state index contributed by atoms with van der Waals surface area (Å²) < 4.78 is 17.8. The first-order chi connectivity index (χ1) is 9.76. The fraction of sp³-hybridized carbons (Fsp3) is 0.529. The van der Waals surface area contributed by atoms with Crippen LogP contribution in [0.4, 0.5) is 4.39 Å². The number of halogens is 1. The van der Waals surface area contributed by atoms with E-state index in [1.807, 2.05) is 6.92 Å². The summed E-state index contributed by atoms with van der Waals surface area (Å²) in [7, 11) is 1.35. The van der Waals surface area contributed by atoms with E-state index in [2.05, 4.69) is 0 Å². The largest absolute Gasteiger partial charge is 0.469 e. The summed E-state index contributed by atoms with van der Waals surface area (Å²) in [6.07, 6.45) is 1.31. The molecular formula is C17H23FO3. The maximum Gasteiger partial charge on any atom is 0.311 e. The van der Waals surface area contributed by atoms with E-state index < -0.39 is 5.41 Å². The van der Waals surface area contributed by atoms with Gasteiger partial charge in [-0.3, -0.25) is 9.59 Å². The van der Waals surface area contributed by atoms with Gasteiger partial charge in [0.15, 0.2) is 0 Å². The Balaban J connectivity index is 2.53. The summed E-state index contributed by atoms with van der Waals surface area (Å²) in [5.41, 5.74) is 0.130. The van der Waals surface area contributed by atoms with Gasteiger partial charge in [-0.2, -0.15) is 0 Å². The Morgan fingerprint density at radius 2 is 2.00 bits per heavy atom. The average Bonchev–Trinajstić information content (AvgIpc) is 2.43. The number of ketones is 1. The molecule has 0 fully saturated rings. The molecule has 0 aliphatic carbocycles. The first-order valence-electron chi connectivity index (χ1n) is 7.12. The van der Waals surface area contributed by atoms with E-state index in [9.17, 15) is 14.0 Å². The SMILES string of the molecule is COC(=O)C(C)(C)CC(C)C(=O)CCc1cccc(F)c1. The second-order valence-corrected chi connectivity index (χ2v) is 6.08. The summed E-state index contributed by atoms with van der Waals surface area (Å²) in [6.45, 7) is 5.36. The Kier molecular flexibility index (Phi) is 6.06. The van der Waals surface area contributed by atoms with Crippen molar-refractivity contribution in [2.75, 3.05) is 7.11 Å². The minimum absolute atomic E-state index is 0.0799. The Morgan fingerprint density at radius 3 is 2.57 bits per heavy atom. The summed E-state index contributed by atoms with van der Waals surface area (Å²) in [4.78, 5) is 23.8. The lowest BCUT2D eigenvalue weighted by Gasteiger charge is -2.24. The molecule has 1 atom stereocenters. The third-order valence-electron chi connectivity index (χ3n) is 3.65. The first-order valence-corrected chi connectivity index (χ1v) is 7.12. The van der Waals surface area contributed by atoms with Gasteiger partial charge in [-0.1, -0.05) is 19.1 Å². The Morgan fingerprint density at radius 1 is 1.33 bits per heavy atom. The molecule has 1 aromatic rings. The van der Waals surface area contributed by atoms with Crippen LogP contribution in [-0.2, 0) is 20.7 Å². The van der Waals surface area contributed by atoms with Gasteiger partial charge in [0.25, 0.3) is 0 Å². The number of hydrogen-bond donors (Lipinski definition) is 0. The quantitative estimate of drug-likeness (QED) is 0.722. The van der Waals surface area contributed by atoms with Crippen LogP contribution >= 0.6 is 0 Å². The van der Waals surface area contributed by atoms with E-state index in [1.54, 1.807) is 26.0 Å². The van der Waals surface area contributed by atoms with Gasteiger partial charge in [0.2, 0.25) is 0 Å². The zero-order valence-corrected chi connectivity index (χ0v) is 13.1. The summed E-state index contributed by atoms with van der Waals surface area (Å²) in [5, 5.41) is 0. The zero-order chi connectivity index (χ0) is 16.0. The minimum atomic E-state index is -0.678. The molecule has 3 nitrogen and oxygen atoms in total. The number of aryl methyl sites for hydroxylation is 1. The average molecular weight is 294 g/mol. The van der Waals surface area contributed by atoms with E-state index in [0.29, 0.717) is 19.3 Å². The fourth-order valence-corrected chi connectivity index (χ4v) is 2.45. The Labute approximate surface area is 125 Å². The highest BCUT2D eigenvalue weighted by atomic mass is 19.1. The van der Waals surface area contributed by atoms with Crippen molar-refractivity contribution in [1.82, 2.24) is 0 Å². The van der Waals surface area contributed by atoms with Crippen LogP contribution in [0.2, 0.25) is 0 Å². The molecule has 0 saturated carbocycles. The van der Waals surface area contributed by atoms with Crippen molar-refractivity contribution in [3.8, 4) is 0 Å². The second-order valence-electron chi connectivity index (χ2n) is 6.08. The second kappa shape index (κ2) is 7.34. The molecule has 0 aliphatic heterocycles. The molecule has 0 aliphatic rings. The van der Waals surface area contributed by atoms with Crippen LogP contribution in [0.25, 0.3) is 0 Å². The number of Topliss-reactive ketones (excluding diaryl/α,β-unsaturated/α-hetero) is 1. The van der Waals surface area contributed by atoms with Gasteiger partial charge in [-0.05, 0) is 44.4 Å². The fourth-order valence-electron chi connectivity index (χ4n) is 2.45. The van der Waals surface area contributed by atoms with Gasteiger partial charge >= 0.3 is 5.97 Å². The number of hydrogen-bond acceptors (Lipinski definition) is 3. The van der Waals surface area contributed by atoms with Crippen molar-refractivity contribution in [2.24, 2.45) is 11.3 Å². The zero-order valence-electron chi connectivity index (χ0n) is 13.1. The third-order valence-corrected chi connectivity index (χ3v) is 3.65. The van der Waals surface area contributed by atoms with Crippen LogP contribution in [-0.4, -0.2) is 18.9 Å². The number of benzene rings is 1. The van der Waals surface area contributed by atoms with Gasteiger partial charge in [0, 0.05) is 12.3 Å². The number of methoxy groups -OCH3 is 1. The number of ether oxygens (including phenoxy) is 1. The maximum atomic E-state index is 13.1. The van der Waals surface area contributed by atoms with E-state index in [1.165, 1.54) is 19.2 Å². The smallest absolute Gasteiger partial charge is 0.311 e. The summed E-state index contributed by atoms with van der Waals surface area (Å²) in [6, 6.07) is 6.27. The van der Waals surface area contributed by atoms with Crippen LogP contribution in [0.5, 0.6) is 0 Å². The van der Waals surface area contributed by atoms with E-state index in [-0.39, 0.29) is 23.5 Å². The molecule has 0 amide bonds. The van der Waals surface area contributed by atoms with Crippen LogP contribution in [0.15, 0.2) is 24.3 Å². The molecule has 0 radical (unpaired) electrons. The predicted molar refractivity (Wildman–Crippen MR) is 79.3 cm³/mol. The van der Waals surface area contributed by atoms with Crippen LogP contribution in [0.3, 0.4) is 0 Å². The third kappa shape index (κ3) is 5.29. The van der Waals surface area contributed by atoms with Gasteiger partial charge in [-0.25, -0.2) is 4.39 Å².